The first-order chi connectivity index (χ1) is 11.8. The normalized spacial score (nSPS) is 10.9. The first-order valence-electron chi connectivity index (χ1n) is 7.63. The standard InChI is InChI=1S/C18H15N5O/c1-13-7-5-6-10-15(13)18-20-22-23(21-18)12-17-19-11-16(24-17)14-8-3-2-4-9-14/h2-11H,12H2,1H3. The van der Waals surface area contributed by atoms with Crippen molar-refractivity contribution in [2.45, 2.75) is 13.5 Å². The maximum absolute atomic E-state index is 5.77. The first-order valence-corrected chi connectivity index (χ1v) is 7.63. The largest absolute Gasteiger partial charge is 0.439 e. The maximum Gasteiger partial charge on any atom is 0.218 e. The lowest BCUT2D eigenvalue weighted by Crippen LogP contribution is -2.04. The van der Waals surface area contributed by atoms with Gasteiger partial charge in [-0.1, -0.05) is 54.6 Å². The zero-order valence-corrected chi connectivity index (χ0v) is 13.1. The van der Waals surface area contributed by atoms with Crippen LogP contribution in [0.4, 0.5) is 0 Å². The number of aryl methyl sites for hydroxylation is 1. The lowest BCUT2D eigenvalue weighted by Gasteiger charge is -1.98. The maximum atomic E-state index is 5.77. The zero-order valence-electron chi connectivity index (χ0n) is 13.1. The molecule has 0 aliphatic rings. The van der Waals surface area contributed by atoms with Crippen LogP contribution in [0.2, 0.25) is 0 Å². The summed E-state index contributed by atoms with van der Waals surface area (Å²) in [6.45, 7) is 2.36. The van der Waals surface area contributed by atoms with Gasteiger partial charge in [-0.25, -0.2) is 4.98 Å². The molecular weight excluding hydrogens is 302 g/mol. The predicted molar refractivity (Wildman–Crippen MR) is 89.0 cm³/mol. The number of oxazole rings is 1. The molecule has 0 atom stereocenters. The molecule has 0 fully saturated rings. The number of hydrogen-bond donors (Lipinski definition) is 0. The number of nitrogens with zero attached hydrogens (tertiary/aromatic N) is 5. The Labute approximate surface area is 138 Å². The molecule has 0 aliphatic carbocycles. The fraction of sp³-hybridized carbons (Fsp3) is 0.111. The van der Waals surface area contributed by atoms with Crippen LogP contribution >= 0.6 is 0 Å². The van der Waals surface area contributed by atoms with Gasteiger partial charge in [0.2, 0.25) is 11.7 Å². The van der Waals surface area contributed by atoms with Crippen LogP contribution in [0, 0.1) is 6.92 Å². The van der Waals surface area contributed by atoms with Crippen molar-refractivity contribution < 1.29 is 4.42 Å². The van der Waals surface area contributed by atoms with Crippen molar-refractivity contribution in [3.05, 3.63) is 72.2 Å². The van der Waals surface area contributed by atoms with Gasteiger partial charge >= 0.3 is 0 Å². The fourth-order valence-electron chi connectivity index (χ4n) is 2.48. The number of benzene rings is 2. The molecule has 4 rings (SSSR count). The number of tetrazole rings is 1. The minimum absolute atomic E-state index is 0.339. The smallest absolute Gasteiger partial charge is 0.218 e. The third-order valence-electron chi connectivity index (χ3n) is 3.73. The van der Waals surface area contributed by atoms with Gasteiger partial charge in [0, 0.05) is 11.1 Å². The number of rotatable bonds is 4. The molecule has 0 saturated carbocycles. The van der Waals surface area contributed by atoms with E-state index in [4.69, 9.17) is 4.42 Å². The van der Waals surface area contributed by atoms with E-state index in [0.717, 1.165) is 22.5 Å². The van der Waals surface area contributed by atoms with Crippen LogP contribution in [-0.4, -0.2) is 25.2 Å². The molecule has 0 N–H and O–H groups in total. The van der Waals surface area contributed by atoms with E-state index in [1.807, 2.05) is 61.5 Å². The number of aromatic nitrogens is 5. The summed E-state index contributed by atoms with van der Waals surface area (Å²) >= 11 is 0. The summed E-state index contributed by atoms with van der Waals surface area (Å²) in [6, 6.07) is 17.8. The highest BCUT2D eigenvalue weighted by atomic mass is 16.4. The average Bonchev–Trinajstić information content (AvgIpc) is 3.26. The van der Waals surface area contributed by atoms with Gasteiger partial charge in [-0.15, -0.1) is 10.2 Å². The summed E-state index contributed by atoms with van der Waals surface area (Å²) in [6.07, 6.45) is 1.71. The summed E-state index contributed by atoms with van der Waals surface area (Å²) in [5.74, 6) is 1.87. The summed E-state index contributed by atoms with van der Waals surface area (Å²) in [7, 11) is 0. The van der Waals surface area contributed by atoms with E-state index in [1.165, 1.54) is 4.80 Å². The van der Waals surface area contributed by atoms with Crippen molar-refractivity contribution in [2.24, 2.45) is 0 Å². The van der Waals surface area contributed by atoms with E-state index >= 15 is 0 Å². The molecule has 6 nitrogen and oxygen atoms in total. The van der Waals surface area contributed by atoms with Crippen LogP contribution < -0.4 is 0 Å². The lowest BCUT2D eigenvalue weighted by atomic mass is 10.1. The monoisotopic (exact) mass is 317 g/mol. The van der Waals surface area contributed by atoms with E-state index in [-0.39, 0.29) is 0 Å². The highest BCUT2D eigenvalue weighted by Crippen LogP contribution is 2.21. The highest BCUT2D eigenvalue weighted by Gasteiger charge is 2.11. The summed E-state index contributed by atoms with van der Waals surface area (Å²) in [4.78, 5) is 5.78. The summed E-state index contributed by atoms with van der Waals surface area (Å²) in [5, 5.41) is 12.6. The molecule has 2 heterocycles. The molecule has 4 aromatic rings. The Balaban J connectivity index is 1.55. The van der Waals surface area contributed by atoms with Crippen molar-refractivity contribution in [1.82, 2.24) is 25.2 Å². The molecule has 0 spiro atoms. The van der Waals surface area contributed by atoms with Gasteiger partial charge in [0.05, 0.1) is 6.20 Å². The van der Waals surface area contributed by atoms with Gasteiger partial charge in [0.15, 0.2) is 5.76 Å². The fourth-order valence-corrected chi connectivity index (χ4v) is 2.48. The first kappa shape index (κ1) is 14.3. The molecular formula is C18H15N5O. The number of hydrogen-bond acceptors (Lipinski definition) is 5. The van der Waals surface area contributed by atoms with Gasteiger partial charge < -0.3 is 4.42 Å². The van der Waals surface area contributed by atoms with Crippen molar-refractivity contribution in [3.8, 4) is 22.7 Å². The van der Waals surface area contributed by atoms with Crippen molar-refractivity contribution in [2.75, 3.05) is 0 Å². The van der Waals surface area contributed by atoms with E-state index < -0.39 is 0 Å². The van der Waals surface area contributed by atoms with Gasteiger partial charge in [0.25, 0.3) is 0 Å². The topological polar surface area (TPSA) is 69.6 Å². The molecule has 0 aliphatic heterocycles. The Hall–Kier alpha value is -3.28. The highest BCUT2D eigenvalue weighted by molar-refractivity contribution is 5.58. The van der Waals surface area contributed by atoms with Crippen molar-refractivity contribution in [3.63, 3.8) is 0 Å². The third kappa shape index (κ3) is 2.81. The molecule has 0 unspecified atom stereocenters. The second kappa shape index (κ2) is 6.08. The second-order valence-corrected chi connectivity index (χ2v) is 5.44. The van der Waals surface area contributed by atoms with Crippen LogP contribution in [0.1, 0.15) is 11.5 Å². The van der Waals surface area contributed by atoms with E-state index in [2.05, 4.69) is 20.4 Å². The van der Waals surface area contributed by atoms with Crippen LogP contribution in [0.3, 0.4) is 0 Å². The van der Waals surface area contributed by atoms with Crippen LogP contribution in [-0.2, 0) is 6.54 Å². The molecule has 0 radical (unpaired) electrons. The molecule has 2 aromatic carbocycles. The van der Waals surface area contributed by atoms with Gasteiger partial charge in [-0.2, -0.15) is 4.80 Å². The molecule has 0 saturated heterocycles. The quantitative estimate of drug-likeness (QED) is 0.577. The minimum Gasteiger partial charge on any atom is -0.439 e. The minimum atomic E-state index is 0.339. The molecule has 0 amide bonds. The SMILES string of the molecule is Cc1ccccc1-c1nnn(Cc2ncc(-c3ccccc3)o2)n1. The Morgan fingerprint density at radius 2 is 1.79 bits per heavy atom. The van der Waals surface area contributed by atoms with Gasteiger partial charge in [0.1, 0.15) is 6.54 Å². The third-order valence-corrected chi connectivity index (χ3v) is 3.73. The summed E-state index contributed by atoms with van der Waals surface area (Å²) < 4.78 is 5.77. The van der Waals surface area contributed by atoms with Gasteiger partial charge in [-0.05, 0) is 17.7 Å². The van der Waals surface area contributed by atoms with Crippen molar-refractivity contribution >= 4 is 0 Å². The molecule has 6 heteroatoms. The van der Waals surface area contributed by atoms with E-state index in [9.17, 15) is 0 Å². The lowest BCUT2D eigenvalue weighted by molar-refractivity contribution is 0.446. The van der Waals surface area contributed by atoms with Crippen molar-refractivity contribution in [1.29, 1.82) is 0 Å². The van der Waals surface area contributed by atoms with E-state index in [0.29, 0.717) is 18.3 Å². The van der Waals surface area contributed by atoms with Crippen LogP contribution in [0.5, 0.6) is 0 Å². The Bertz CT molecular complexity index is 958. The van der Waals surface area contributed by atoms with Crippen LogP contribution in [0.15, 0.2) is 65.2 Å². The molecule has 2 aromatic heterocycles. The Morgan fingerprint density at radius 3 is 2.62 bits per heavy atom. The second-order valence-electron chi connectivity index (χ2n) is 5.44. The van der Waals surface area contributed by atoms with E-state index in [1.54, 1.807) is 6.20 Å². The zero-order chi connectivity index (χ0) is 16.4. The molecule has 118 valence electrons. The predicted octanol–water partition coefficient (Wildman–Crippen LogP) is 3.35. The average molecular weight is 317 g/mol. The Kier molecular flexibility index (Phi) is 3.63. The Morgan fingerprint density at radius 1 is 1.00 bits per heavy atom. The van der Waals surface area contributed by atoms with Crippen LogP contribution in [0.25, 0.3) is 22.7 Å². The summed E-state index contributed by atoms with van der Waals surface area (Å²) in [5.41, 5.74) is 3.07. The van der Waals surface area contributed by atoms with Gasteiger partial charge in [-0.3, -0.25) is 0 Å². The molecule has 24 heavy (non-hydrogen) atoms. The molecule has 0 bridgehead atoms.